The van der Waals surface area contributed by atoms with Gasteiger partial charge in [0.15, 0.2) is 0 Å². The number of likely N-dealkylation sites (N-methyl/N-ethyl adjacent to an activating group) is 1. The fraction of sp³-hybridized carbons (Fsp3) is 0.457. The van der Waals surface area contributed by atoms with E-state index in [4.69, 9.17) is 9.47 Å². The highest BCUT2D eigenvalue weighted by atomic mass is 19.1. The van der Waals surface area contributed by atoms with Crippen molar-refractivity contribution in [2.75, 3.05) is 44.0 Å². The fourth-order valence-electron chi connectivity index (χ4n) is 5.46. The highest BCUT2D eigenvalue weighted by Gasteiger charge is 2.30. The van der Waals surface area contributed by atoms with Crippen molar-refractivity contribution in [1.82, 2.24) is 14.8 Å². The number of carbonyl (C=O) groups is 2. The molecule has 1 aliphatic rings. The number of aliphatic hydroxyl groups excluding tert-OH is 1. The molecule has 0 aliphatic carbocycles. The van der Waals surface area contributed by atoms with Crippen molar-refractivity contribution < 1.29 is 28.6 Å². The second-order valence-electron chi connectivity index (χ2n) is 12.1. The Morgan fingerprint density at radius 1 is 1.09 bits per heavy atom. The molecule has 0 bridgehead atoms. The third kappa shape index (κ3) is 10.2. The monoisotopic (exact) mass is 635 g/mol. The van der Waals surface area contributed by atoms with Crippen LogP contribution in [0.1, 0.15) is 56.0 Å². The first kappa shape index (κ1) is 34.8. The normalized spacial score (nSPS) is 20.3. The minimum atomic E-state index is -0.542. The van der Waals surface area contributed by atoms with Gasteiger partial charge in [0.1, 0.15) is 11.6 Å². The molecule has 3 aromatic rings. The smallest absolute Gasteiger partial charge is 0.323 e. The van der Waals surface area contributed by atoms with Gasteiger partial charge in [0.05, 0.1) is 30.4 Å². The number of halogens is 1. The van der Waals surface area contributed by atoms with E-state index in [0.717, 1.165) is 31.4 Å². The van der Waals surface area contributed by atoms with Crippen LogP contribution in [0.15, 0.2) is 67.0 Å². The number of rotatable bonds is 8. The molecule has 0 saturated carbocycles. The SMILES string of the molecule is C[C@@H]1CN([C@H](C)CO)C(=O)c2cc(NC(=O)Nc3ccc(F)cc3)ccc2O[C@@H](C)CCCCO[C@@H]1CN(C)Cc1ccncc1. The Kier molecular flexibility index (Phi) is 12.9. The van der Waals surface area contributed by atoms with Crippen molar-refractivity contribution in [3.63, 3.8) is 0 Å². The van der Waals surface area contributed by atoms with Crippen molar-refractivity contribution in [2.24, 2.45) is 5.92 Å². The summed E-state index contributed by atoms with van der Waals surface area (Å²) in [5, 5.41) is 15.6. The summed E-state index contributed by atoms with van der Waals surface area (Å²) in [4.78, 5) is 35.0. The van der Waals surface area contributed by atoms with Crippen LogP contribution >= 0.6 is 0 Å². The number of hydrogen-bond donors (Lipinski definition) is 3. The minimum Gasteiger partial charge on any atom is -0.490 e. The van der Waals surface area contributed by atoms with Gasteiger partial charge in [0.2, 0.25) is 0 Å². The Labute approximate surface area is 270 Å². The summed E-state index contributed by atoms with van der Waals surface area (Å²) in [7, 11) is 2.05. The average molecular weight is 636 g/mol. The number of nitrogens with one attached hydrogen (secondary N) is 2. The summed E-state index contributed by atoms with van der Waals surface area (Å²) in [6, 6.07) is 13.4. The van der Waals surface area contributed by atoms with Gasteiger partial charge in [-0.3, -0.25) is 14.7 Å². The van der Waals surface area contributed by atoms with E-state index in [2.05, 4.69) is 34.5 Å². The average Bonchev–Trinajstić information content (AvgIpc) is 3.04. The zero-order valence-corrected chi connectivity index (χ0v) is 27.1. The largest absolute Gasteiger partial charge is 0.490 e. The second-order valence-corrected chi connectivity index (χ2v) is 12.1. The van der Waals surface area contributed by atoms with E-state index in [0.29, 0.717) is 36.8 Å². The minimum absolute atomic E-state index is 0.0631. The molecule has 0 radical (unpaired) electrons. The topological polar surface area (TPSA) is 116 Å². The Hall–Kier alpha value is -4.06. The lowest BCUT2D eigenvalue weighted by Gasteiger charge is -2.36. The van der Waals surface area contributed by atoms with Crippen LogP contribution in [0.4, 0.5) is 20.6 Å². The lowest BCUT2D eigenvalue weighted by molar-refractivity contribution is -0.0177. The Morgan fingerprint density at radius 3 is 2.50 bits per heavy atom. The molecule has 1 aromatic heterocycles. The number of nitrogens with zero attached hydrogens (tertiary/aromatic N) is 3. The Bertz CT molecular complexity index is 1410. The van der Waals surface area contributed by atoms with Crippen LogP contribution in [0.2, 0.25) is 0 Å². The second kappa shape index (κ2) is 17.0. The number of carbonyl (C=O) groups excluding carboxylic acids is 2. The van der Waals surface area contributed by atoms with Gasteiger partial charge in [-0.15, -0.1) is 0 Å². The number of hydrogen-bond acceptors (Lipinski definition) is 7. The lowest BCUT2D eigenvalue weighted by Crippen LogP contribution is -2.47. The number of benzene rings is 2. The molecule has 10 nitrogen and oxygen atoms in total. The molecule has 1 aliphatic heterocycles. The van der Waals surface area contributed by atoms with E-state index in [9.17, 15) is 19.1 Å². The van der Waals surface area contributed by atoms with Gasteiger partial charge in [-0.2, -0.15) is 0 Å². The summed E-state index contributed by atoms with van der Waals surface area (Å²) in [5.41, 5.74) is 2.24. The molecular weight excluding hydrogens is 589 g/mol. The van der Waals surface area contributed by atoms with Crippen molar-refractivity contribution in [3.8, 4) is 5.75 Å². The predicted molar refractivity (Wildman–Crippen MR) is 176 cm³/mol. The number of urea groups is 1. The first-order valence-electron chi connectivity index (χ1n) is 15.9. The molecule has 46 heavy (non-hydrogen) atoms. The molecule has 0 saturated heterocycles. The Balaban J connectivity index is 1.58. The third-order valence-electron chi connectivity index (χ3n) is 8.10. The summed E-state index contributed by atoms with van der Waals surface area (Å²) >= 11 is 0. The molecule has 0 fully saturated rings. The van der Waals surface area contributed by atoms with Gasteiger partial charge in [-0.05, 0) is 100 Å². The number of aromatic nitrogens is 1. The molecule has 0 unspecified atom stereocenters. The zero-order chi connectivity index (χ0) is 33.1. The molecule has 248 valence electrons. The molecule has 2 heterocycles. The molecule has 4 rings (SSSR count). The lowest BCUT2D eigenvalue weighted by atomic mass is 10.0. The standard InChI is InChI=1S/C35H46FN5O5/c1-24-20-41(25(2)23-42)34(43)31-19-30(39-35(44)38-29-10-8-28(36)9-11-29)12-13-32(31)46-26(3)7-5-6-18-45-33(24)22-40(4)21-27-14-16-37-17-15-27/h8-17,19,24-26,33,42H,5-7,18,20-23H2,1-4H3,(H2,38,39,44)/t24-,25-,26+,33-/m1/s1. The summed E-state index contributed by atoms with van der Waals surface area (Å²) in [5.74, 6) is -0.381. The van der Waals surface area contributed by atoms with E-state index in [1.54, 1.807) is 42.4 Å². The molecule has 2 aromatic carbocycles. The van der Waals surface area contributed by atoms with Crippen LogP contribution < -0.4 is 15.4 Å². The zero-order valence-electron chi connectivity index (χ0n) is 27.1. The maximum absolute atomic E-state index is 14.3. The fourth-order valence-corrected chi connectivity index (χ4v) is 5.46. The van der Waals surface area contributed by atoms with Crippen LogP contribution in [0.5, 0.6) is 5.75 Å². The van der Waals surface area contributed by atoms with Crippen molar-refractivity contribution in [1.29, 1.82) is 0 Å². The molecular formula is C35H46FN5O5. The van der Waals surface area contributed by atoms with E-state index < -0.39 is 17.9 Å². The molecule has 3 amide bonds. The third-order valence-corrected chi connectivity index (χ3v) is 8.10. The van der Waals surface area contributed by atoms with Gasteiger partial charge in [0, 0.05) is 55.9 Å². The molecule has 11 heteroatoms. The maximum atomic E-state index is 14.3. The van der Waals surface area contributed by atoms with Crippen molar-refractivity contribution in [3.05, 3.63) is 83.9 Å². The molecule has 0 spiro atoms. The summed E-state index contributed by atoms with van der Waals surface area (Å²) in [6.07, 6.45) is 5.79. The van der Waals surface area contributed by atoms with Crippen LogP contribution in [0.25, 0.3) is 0 Å². The van der Waals surface area contributed by atoms with E-state index in [1.165, 1.54) is 24.3 Å². The van der Waals surface area contributed by atoms with Gasteiger partial charge < -0.3 is 30.1 Å². The van der Waals surface area contributed by atoms with E-state index in [1.807, 2.05) is 19.1 Å². The first-order chi connectivity index (χ1) is 22.1. The number of anilines is 2. The Morgan fingerprint density at radius 2 is 1.78 bits per heavy atom. The van der Waals surface area contributed by atoms with Crippen molar-refractivity contribution in [2.45, 2.75) is 64.8 Å². The van der Waals surface area contributed by atoms with Crippen LogP contribution in [-0.2, 0) is 11.3 Å². The number of amides is 3. The first-order valence-corrected chi connectivity index (χ1v) is 15.9. The number of ether oxygens (including phenoxy) is 2. The number of aliphatic hydroxyl groups is 1. The highest BCUT2D eigenvalue weighted by Crippen LogP contribution is 2.29. The van der Waals surface area contributed by atoms with Gasteiger partial charge in [-0.25, -0.2) is 9.18 Å². The quantitative estimate of drug-likeness (QED) is 0.287. The van der Waals surface area contributed by atoms with Crippen molar-refractivity contribution >= 4 is 23.3 Å². The van der Waals surface area contributed by atoms with Crippen LogP contribution in [0.3, 0.4) is 0 Å². The van der Waals surface area contributed by atoms with Crippen LogP contribution in [-0.4, -0.2) is 83.4 Å². The van der Waals surface area contributed by atoms with Gasteiger partial charge in [0.25, 0.3) is 5.91 Å². The van der Waals surface area contributed by atoms with E-state index >= 15 is 0 Å². The number of fused-ring (bicyclic) bond motifs is 1. The van der Waals surface area contributed by atoms with Gasteiger partial charge >= 0.3 is 6.03 Å². The number of pyridine rings is 1. The van der Waals surface area contributed by atoms with Gasteiger partial charge in [-0.1, -0.05) is 6.92 Å². The maximum Gasteiger partial charge on any atom is 0.323 e. The molecule has 4 atom stereocenters. The summed E-state index contributed by atoms with van der Waals surface area (Å²) in [6.45, 7) is 7.95. The molecule has 3 N–H and O–H groups in total. The van der Waals surface area contributed by atoms with E-state index in [-0.39, 0.29) is 36.2 Å². The van der Waals surface area contributed by atoms with Crippen LogP contribution in [0, 0.1) is 11.7 Å². The predicted octanol–water partition coefficient (Wildman–Crippen LogP) is 5.79. The summed E-state index contributed by atoms with van der Waals surface area (Å²) < 4.78 is 26.0. The highest BCUT2D eigenvalue weighted by molar-refractivity contribution is 6.02.